The first-order chi connectivity index (χ1) is 11.3. The lowest BCUT2D eigenvalue weighted by atomic mass is 9.63. The summed E-state index contributed by atoms with van der Waals surface area (Å²) in [6.07, 6.45) is 9.40. The molecule has 0 bridgehead atoms. The molecule has 3 nitrogen and oxygen atoms in total. The Morgan fingerprint density at radius 3 is 1.72 bits per heavy atom. The highest BCUT2D eigenvalue weighted by atomic mass is 16.3. The van der Waals surface area contributed by atoms with E-state index in [0.29, 0.717) is 17.4 Å². The number of unbranched alkanes of at least 4 members (excludes halogenated alkanes) is 3. The van der Waals surface area contributed by atoms with Gasteiger partial charge < -0.3 is 14.1 Å². The molecule has 1 saturated carbocycles. The minimum Gasteiger partial charge on any atom is -0.391 e. The molecule has 25 heavy (non-hydrogen) atoms. The average molecular weight is 357 g/mol. The van der Waals surface area contributed by atoms with Crippen LogP contribution in [0.25, 0.3) is 0 Å². The van der Waals surface area contributed by atoms with Crippen molar-refractivity contribution in [2.24, 2.45) is 10.8 Å². The number of aliphatic hydroxyl groups is 1. The first-order valence-corrected chi connectivity index (χ1v) is 10.5. The Hall–Kier alpha value is -0.120. The zero-order chi connectivity index (χ0) is 19.4. The minimum atomic E-state index is 0.298. The maximum Gasteiger partial charge on any atom is 0.102 e. The van der Waals surface area contributed by atoms with Gasteiger partial charge in [-0.2, -0.15) is 0 Å². The summed E-state index contributed by atoms with van der Waals surface area (Å²) in [4.78, 5) is 0. The summed E-state index contributed by atoms with van der Waals surface area (Å²) in [6.45, 7) is 13.5. The standard InChI is InChI=1S/C22H48N2O/c1-21(2)17-20(18-22(3,4)19-21)24(7,8)14-12-10-9-11-13-23(5,6)15-16-25/h20,25H,9-19H2,1-8H3/q+2. The summed E-state index contributed by atoms with van der Waals surface area (Å²) in [5, 5.41) is 9.11. The second-order valence-electron chi connectivity index (χ2n) is 11.6. The van der Waals surface area contributed by atoms with Crippen molar-refractivity contribution in [2.75, 3.05) is 54.4 Å². The van der Waals surface area contributed by atoms with Gasteiger partial charge in [-0.15, -0.1) is 0 Å². The second kappa shape index (κ2) is 8.71. The summed E-state index contributed by atoms with van der Waals surface area (Å²) in [5.74, 6) is 0. The highest BCUT2D eigenvalue weighted by Gasteiger charge is 2.44. The van der Waals surface area contributed by atoms with Crippen LogP contribution in [0.3, 0.4) is 0 Å². The summed E-state index contributed by atoms with van der Waals surface area (Å²) in [6, 6.07) is 0.805. The van der Waals surface area contributed by atoms with Crippen LogP contribution in [-0.4, -0.2) is 74.5 Å². The van der Waals surface area contributed by atoms with Crippen molar-refractivity contribution in [2.45, 2.75) is 78.7 Å². The van der Waals surface area contributed by atoms with Gasteiger partial charge in [0.2, 0.25) is 0 Å². The molecule has 0 saturated heterocycles. The van der Waals surface area contributed by atoms with Crippen molar-refractivity contribution in [1.29, 1.82) is 0 Å². The van der Waals surface area contributed by atoms with Crippen LogP contribution in [0.5, 0.6) is 0 Å². The highest BCUT2D eigenvalue weighted by molar-refractivity contribution is 4.89. The fourth-order valence-electron chi connectivity index (χ4n) is 5.26. The van der Waals surface area contributed by atoms with E-state index < -0.39 is 0 Å². The molecule has 0 atom stereocenters. The number of rotatable bonds is 10. The van der Waals surface area contributed by atoms with Crippen LogP contribution in [-0.2, 0) is 0 Å². The Balaban J connectivity index is 2.36. The topological polar surface area (TPSA) is 20.2 Å². The lowest BCUT2D eigenvalue weighted by Crippen LogP contribution is -2.55. The Morgan fingerprint density at radius 1 is 0.760 bits per heavy atom. The van der Waals surface area contributed by atoms with E-state index in [1.165, 1.54) is 62.5 Å². The van der Waals surface area contributed by atoms with Gasteiger partial charge >= 0.3 is 0 Å². The first-order valence-electron chi connectivity index (χ1n) is 10.5. The fourth-order valence-corrected chi connectivity index (χ4v) is 5.26. The van der Waals surface area contributed by atoms with Crippen molar-refractivity contribution >= 4 is 0 Å². The molecule has 0 aliphatic heterocycles. The van der Waals surface area contributed by atoms with Gasteiger partial charge in [-0.25, -0.2) is 0 Å². The zero-order valence-electron chi connectivity index (χ0n) is 18.7. The van der Waals surface area contributed by atoms with Crippen LogP contribution in [0.1, 0.15) is 72.6 Å². The summed E-state index contributed by atoms with van der Waals surface area (Å²) in [5.41, 5.74) is 0.969. The Labute approximate surface area is 158 Å². The van der Waals surface area contributed by atoms with E-state index in [1.807, 2.05) is 0 Å². The average Bonchev–Trinajstić information content (AvgIpc) is 2.39. The molecule has 1 N–H and O–H groups in total. The van der Waals surface area contributed by atoms with E-state index >= 15 is 0 Å². The summed E-state index contributed by atoms with van der Waals surface area (Å²) < 4.78 is 2.14. The predicted octanol–water partition coefficient (Wildman–Crippen LogP) is 4.30. The number of aliphatic hydroxyl groups excluding tert-OH is 1. The summed E-state index contributed by atoms with van der Waals surface area (Å²) in [7, 11) is 9.37. The van der Waals surface area contributed by atoms with Crippen LogP contribution in [0.15, 0.2) is 0 Å². The lowest BCUT2D eigenvalue weighted by Gasteiger charge is -2.50. The van der Waals surface area contributed by atoms with Gasteiger partial charge in [0, 0.05) is 12.8 Å². The number of nitrogens with zero attached hydrogens (tertiary/aromatic N) is 2. The van der Waals surface area contributed by atoms with E-state index in [2.05, 4.69) is 55.9 Å². The van der Waals surface area contributed by atoms with Crippen molar-refractivity contribution in [1.82, 2.24) is 0 Å². The van der Waals surface area contributed by atoms with Crippen LogP contribution in [0.4, 0.5) is 0 Å². The second-order valence-corrected chi connectivity index (χ2v) is 11.6. The third kappa shape index (κ3) is 8.41. The van der Waals surface area contributed by atoms with E-state index in [-0.39, 0.29) is 0 Å². The highest BCUT2D eigenvalue weighted by Crippen LogP contribution is 2.48. The minimum absolute atomic E-state index is 0.298. The molecule has 1 aliphatic carbocycles. The Morgan fingerprint density at radius 2 is 1.24 bits per heavy atom. The normalized spacial score (nSPS) is 21.5. The van der Waals surface area contributed by atoms with E-state index in [1.54, 1.807) is 0 Å². The molecular formula is C22H48N2O+2. The predicted molar refractivity (Wildman–Crippen MR) is 110 cm³/mol. The molecule has 3 heteroatoms. The fraction of sp³-hybridized carbons (Fsp3) is 1.00. The van der Waals surface area contributed by atoms with Crippen molar-refractivity contribution in [3.05, 3.63) is 0 Å². The quantitative estimate of drug-likeness (QED) is 0.457. The van der Waals surface area contributed by atoms with Gasteiger partial charge in [-0.05, 0) is 42.9 Å². The molecule has 0 aromatic carbocycles. The SMILES string of the molecule is CC1(C)CC([N+](C)(C)CCCCCC[N+](C)(C)CCO)CC(C)(C)C1. The van der Waals surface area contributed by atoms with Gasteiger partial charge in [0.25, 0.3) is 0 Å². The number of likely N-dealkylation sites (N-methyl/N-ethyl adjacent to an activating group) is 1. The number of quaternary nitrogens is 2. The molecule has 0 unspecified atom stereocenters. The molecule has 0 aromatic rings. The van der Waals surface area contributed by atoms with Gasteiger partial charge in [0.1, 0.15) is 6.54 Å². The van der Waals surface area contributed by atoms with Gasteiger partial charge in [0.15, 0.2) is 0 Å². The smallest absolute Gasteiger partial charge is 0.102 e. The molecular weight excluding hydrogens is 308 g/mol. The van der Waals surface area contributed by atoms with Gasteiger partial charge in [-0.3, -0.25) is 0 Å². The van der Waals surface area contributed by atoms with Crippen molar-refractivity contribution in [3.63, 3.8) is 0 Å². The Bertz CT molecular complexity index is 383. The molecule has 0 heterocycles. The molecule has 0 radical (unpaired) electrons. The van der Waals surface area contributed by atoms with Crippen molar-refractivity contribution < 1.29 is 14.1 Å². The maximum absolute atomic E-state index is 9.11. The van der Waals surface area contributed by atoms with Crippen molar-refractivity contribution in [3.8, 4) is 0 Å². The van der Waals surface area contributed by atoms with E-state index in [0.717, 1.165) is 17.1 Å². The van der Waals surface area contributed by atoms with Gasteiger partial charge in [-0.1, -0.05) is 27.7 Å². The first kappa shape index (κ1) is 22.9. The molecule has 0 amide bonds. The third-order valence-corrected chi connectivity index (χ3v) is 6.48. The zero-order valence-corrected chi connectivity index (χ0v) is 18.7. The van der Waals surface area contributed by atoms with Crippen LogP contribution in [0.2, 0.25) is 0 Å². The van der Waals surface area contributed by atoms with Crippen LogP contribution < -0.4 is 0 Å². The monoisotopic (exact) mass is 356 g/mol. The van der Waals surface area contributed by atoms with E-state index in [4.69, 9.17) is 5.11 Å². The molecule has 1 fully saturated rings. The van der Waals surface area contributed by atoms with Gasteiger partial charge in [0.05, 0.1) is 53.9 Å². The maximum atomic E-state index is 9.11. The summed E-state index contributed by atoms with van der Waals surface area (Å²) >= 11 is 0. The van der Waals surface area contributed by atoms with Crippen LogP contribution >= 0.6 is 0 Å². The molecule has 150 valence electrons. The largest absolute Gasteiger partial charge is 0.391 e. The molecule has 1 aliphatic rings. The lowest BCUT2D eigenvalue weighted by molar-refractivity contribution is -0.918. The molecule has 0 aromatic heterocycles. The number of hydrogen-bond acceptors (Lipinski definition) is 1. The van der Waals surface area contributed by atoms with Crippen LogP contribution in [0, 0.1) is 10.8 Å². The third-order valence-electron chi connectivity index (χ3n) is 6.48. The molecule has 0 spiro atoms. The van der Waals surface area contributed by atoms with E-state index in [9.17, 15) is 0 Å². The number of hydrogen-bond donors (Lipinski definition) is 1. The molecule has 1 rings (SSSR count). The Kier molecular flexibility index (Phi) is 7.99.